The molecule has 0 aliphatic carbocycles. The molecule has 1 amide bonds. The predicted molar refractivity (Wildman–Crippen MR) is 124 cm³/mol. The van der Waals surface area contributed by atoms with E-state index in [4.69, 9.17) is 0 Å². The van der Waals surface area contributed by atoms with E-state index in [0.717, 1.165) is 22.9 Å². The van der Waals surface area contributed by atoms with Crippen LogP contribution in [0.2, 0.25) is 0 Å². The Kier molecular flexibility index (Phi) is 6.61. The molecule has 2 atom stereocenters. The summed E-state index contributed by atoms with van der Waals surface area (Å²) in [7, 11) is -1.67. The number of halogens is 1. The van der Waals surface area contributed by atoms with Gasteiger partial charge in [0.1, 0.15) is 23.6 Å². The van der Waals surface area contributed by atoms with Gasteiger partial charge in [-0.15, -0.1) is 0 Å². The zero-order valence-electron chi connectivity index (χ0n) is 18.5. The van der Waals surface area contributed by atoms with Crippen LogP contribution in [0.25, 0.3) is 11.0 Å². The lowest BCUT2D eigenvalue weighted by Crippen LogP contribution is -2.53. The maximum atomic E-state index is 13.3. The number of H-pyrrole nitrogens is 1. The minimum atomic E-state index is -3.59. The molecule has 3 aromatic rings. The molecule has 1 aliphatic heterocycles. The molecule has 0 spiro atoms. The average molecular weight is 475 g/mol. The van der Waals surface area contributed by atoms with E-state index in [2.05, 4.69) is 27.2 Å². The fourth-order valence-electron chi connectivity index (χ4n) is 4.23. The highest BCUT2D eigenvalue weighted by Gasteiger charge is 2.35. The van der Waals surface area contributed by atoms with Gasteiger partial charge >= 0.3 is 0 Å². The number of aromatic nitrogens is 3. The average Bonchev–Trinajstić information content (AvgIpc) is 3.27. The summed E-state index contributed by atoms with van der Waals surface area (Å²) < 4.78 is 40.8. The quantitative estimate of drug-likeness (QED) is 0.542. The SMILES string of the molecule is CC1CCN(S(=O)(=O)CCNC(=O)c2cccc(F)c2)CC1N(C)c1ncnc2[nH]ccc12. The first kappa shape index (κ1) is 23.1. The van der Waals surface area contributed by atoms with Crippen molar-refractivity contribution in [2.24, 2.45) is 5.92 Å². The van der Waals surface area contributed by atoms with Crippen molar-refractivity contribution in [3.05, 3.63) is 54.2 Å². The number of nitrogens with one attached hydrogen (secondary N) is 2. The molecule has 9 nitrogen and oxygen atoms in total. The third-order valence-corrected chi connectivity index (χ3v) is 8.01. The van der Waals surface area contributed by atoms with Gasteiger partial charge in [-0.1, -0.05) is 13.0 Å². The summed E-state index contributed by atoms with van der Waals surface area (Å²) in [6.45, 7) is 2.81. The van der Waals surface area contributed by atoms with Gasteiger partial charge in [-0.3, -0.25) is 4.79 Å². The second kappa shape index (κ2) is 9.44. The number of fused-ring (bicyclic) bond motifs is 1. The molecule has 0 radical (unpaired) electrons. The van der Waals surface area contributed by atoms with E-state index < -0.39 is 21.7 Å². The molecule has 2 aromatic heterocycles. The van der Waals surface area contributed by atoms with Gasteiger partial charge in [-0.25, -0.2) is 22.8 Å². The lowest BCUT2D eigenvalue weighted by Gasteiger charge is -2.41. The van der Waals surface area contributed by atoms with Crippen LogP contribution in [0.3, 0.4) is 0 Å². The number of aromatic amines is 1. The zero-order valence-corrected chi connectivity index (χ0v) is 19.3. The van der Waals surface area contributed by atoms with Crippen molar-refractivity contribution in [2.75, 3.05) is 37.3 Å². The smallest absolute Gasteiger partial charge is 0.251 e. The van der Waals surface area contributed by atoms with Crippen molar-refractivity contribution < 1.29 is 17.6 Å². The summed E-state index contributed by atoms with van der Waals surface area (Å²) in [6.07, 6.45) is 4.01. The van der Waals surface area contributed by atoms with E-state index in [-0.39, 0.29) is 29.8 Å². The molecule has 0 bridgehead atoms. The molecule has 1 saturated heterocycles. The number of rotatable bonds is 7. The molecule has 11 heteroatoms. The predicted octanol–water partition coefficient (Wildman–Crippen LogP) is 2.00. The molecule has 2 N–H and O–H groups in total. The largest absolute Gasteiger partial charge is 0.354 e. The van der Waals surface area contributed by atoms with Gasteiger partial charge in [0.25, 0.3) is 5.91 Å². The normalized spacial score (nSPS) is 19.5. The molecule has 4 rings (SSSR count). The molecule has 1 aliphatic rings. The fraction of sp³-hybridized carbons (Fsp3) is 0.409. The van der Waals surface area contributed by atoms with Crippen molar-refractivity contribution in [2.45, 2.75) is 19.4 Å². The fourth-order valence-corrected chi connectivity index (χ4v) is 5.61. The molecule has 33 heavy (non-hydrogen) atoms. The first-order valence-corrected chi connectivity index (χ1v) is 12.4. The summed E-state index contributed by atoms with van der Waals surface area (Å²) in [5.74, 6) is -0.242. The number of sulfonamides is 1. The summed E-state index contributed by atoms with van der Waals surface area (Å²) in [5.41, 5.74) is 0.885. The van der Waals surface area contributed by atoms with Gasteiger partial charge in [0.05, 0.1) is 11.1 Å². The van der Waals surface area contributed by atoms with Crippen LogP contribution in [-0.4, -0.2) is 72.1 Å². The van der Waals surface area contributed by atoms with Gasteiger partial charge in [-0.2, -0.15) is 4.31 Å². The number of piperidine rings is 1. The molecular formula is C22H27FN6O3S. The van der Waals surface area contributed by atoms with Gasteiger partial charge in [-0.05, 0) is 36.6 Å². The highest BCUT2D eigenvalue weighted by Crippen LogP contribution is 2.29. The van der Waals surface area contributed by atoms with Crippen molar-refractivity contribution in [3.8, 4) is 0 Å². The summed E-state index contributed by atoms with van der Waals surface area (Å²) in [5, 5.41) is 3.45. The number of carbonyl (C=O) groups excluding carboxylic acids is 1. The Morgan fingerprint density at radius 2 is 2.15 bits per heavy atom. The lowest BCUT2D eigenvalue weighted by molar-refractivity contribution is 0.0955. The van der Waals surface area contributed by atoms with Crippen LogP contribution < -0.4 is 10.2 Å². The lowest BCUT2D eigenvalue weighted by atomic mass is 9.93. The standard InChI is InChI=1S/C22H27FN6O3S/c1-15-7-10-29(13-19(15)28(2)21-18-6-8-24-20(18)26-14-27-21)33(31,32)11-9-25-22(30)16-4-3-5-17(23)12-16/h3-6,8,12,14-15,19H,7,9-11,13H2,1-2H3,(H,25,30)(H,24,26,27). The number of anilines is 1. The topological polar surface area (TPSA) is 111 Å². The number of nitrogens with zero attached hydrogens (tertiary/aromatic N) is 4. The maximum Gasteiger partial charge on any atom is 0.251 e. The van der Waals surface area contributed by atoms with E-state index in [9.17, 15) is 17.6 Å². The van der Waals surface area contributed by atoms with Gasteiger partial charge in [0, 0.05) is 44.5 Å². The second-order valence-electron chi connectivity index (χ2n) is 8.32. The second-order valence-corrected chi connectivity index (χ2v) is 10.4. The van der Waals surface area contributed by atoms with Crippen molar-refractivity contribution >= 4 is 32.8 Å². The monoisotopic (exact) mass is 474 g/mol. The van der Waals surface area contributed by atoms with Crippen LogP contribution in [0.4, 0.5) is 10.2 Å². The van der Waals surface area contributed by atoms with Crippen molar-refractivity contribution in [3.63, 3.8) is 0 Å². The minimum absolute atomic E-state index is 0.0554. The molecule has 2 unspecified atom stereocenters. The summed E-state index contributed by atoms with van der Waals surface area (Å²) >= 11 is 0. The zero-order chi connectivity index (χ0) is 23.6. The van der Waals surface area contributed by atoms with E-state index in [0.29, 0.717) is 19.5 Å². The number of hydrogen-bond donors (Lipinski definition) is 2. The number of benzene rings is 1. The van der Waals surface area contributed by atoms with Gasteiger partial charge in [0.15, 0.2) is 0 Å². The number of amides is 1. The van der Waals surface area contributed by atoms with Crippen molar-refractivity contribution in [1.29, 1.82) is 0 Å². The van der Waals surface area contributed by atoms with Crippen molar-refractivity contribution in [1.82, 2.24) is 24.6 Å². The maximum absolute atomic E-state index is 13.3. The summed E-state index contributed by atoms with van der Waals surface area (Å²) in [6, 6.07) is 7.12. The third kappa shape index (κ3) is 4.98. The molecular weight excluding hydrogens is 447 g/mol. The molecule has 1 aromatic carbocycles. The Morgan fingerprint density at radius 1 is 1.33 bits per heavy atom. The Balaban J connectivity index is 1.41. The van der Waals surface area contributed by atoms with Gasteiger partial charge < -0.3 is 15.2 Å². The number of carbonyl (C=O) groups is 1. The highest BCUT2D eigenvalue weighted by molar-refractivity contribution is 7.89. The van der Waals surface area contributed by atoms with Gasteiger partial charge in [0.2, 0.25) is 10.0 Å². The van der Waals surface area contributed by atoms with E-state index in [1.807, 2.05) is 18.0 Å². The van der Waals surface area contributed by atoms with E-state index in [1.165, 1.54) is 28.8 Å². The Hall–Kier alpha value is -3.05. The van der Waals surface area contributed by atoms with Crippen LogP contribution >= 0.6 is 0 Å². The molecule has 3 heterocycles. The minimum Gasteiger partial charge on any atom is -0.354 e. The van der Waals surface area contributed by atoms with Crippen LogP contribution in [-0.2, 0) is 10.0 Å². The number of likely N-dealkylation sites (N-methyl/N-ethyl adjacent to an activating group) is 1. The Labute approximate surface area is 192 Å². The highest BCUT2D eigenvalue weighted by atomic mass is 32.2. The van der Waals surface area contributed by atoms with Crippen LogP contribution in [0.5, 0.6) is 0 Å². The number of hydrogen-bond acceptors (Lipinski definition) is 6. The molecule has 1 fully saturated rings. The van der Waals surface area contributed by atoms with E-state index >= 15 is 0 Å². The van der Waals surface area contributed by atoms with Crippen LogP contribution in [0.15, 0.2) is 42.9 Å². The first-order chi connectivity index (χ1) is 15.8. The van der Waals surface area contributed by atoms with E-state index in [1.54, 1.807) is 6.20 Å². The molecule has 0 saturated carbocycles. The van der Waals surface area contributed by atoms with Crippen LogP contribution in [0, 0.1) is 11.7 Å². The first-order valence-electron chi connectivity index (χ1n) is 10.8. The van der Waals surface area contributed by atoms with Crippen LogP contribution in [0.1, 0.15) is 23.7 Å². The molecule has 176 valence electrons. The Morgan fingerprint density at radius 3 is 2.94 bits per heavy atom. The Bertz CT molecular complexity index is 1250. The third-order valence-electron chi connectivity index (χ3n) is 6.17. The summed E-state index contributed by atoms with van der Waals surface area (Å²) in [4.78, 5) is 25.9.